The quantitative estimate of drug-likeness (QED) is 0.344. The van der Waals surface area contributed by atoms with Gasteiger partial charge < -0.3 is 15.0 Å². The van der Waals surface area contributed by atoms with Gasteiger partial charge in [-0.25, -0.2) is 18.4 Å². The Morgan fingerprint density at radius 2 is 1.87 bits per heavy atom. The Morgan fingerprint density at radius 3 is 2.50 bits per heavy atom. The van der Waals surface area contributed by atoms with E-state index in [1.807, 2.05) is 19.0 Å². The smallest absolute Gasteiger partial charge is 0.417 e. The number of anilines is 2. The molecule has 0 aliphatic rings. The van der Waals surface area contributed by atoms with Crippen LogP contribution in [0.1, 0.15) is 11.1 Å². The lowest BCUT2D eigenvalue weighted by atomic mass is 10.2. The first-order chi connectivity index (χ1) is 17.7. The molecule has 2 heterocycles. The fourth-order valence-corrected chi connectivity index (χ4v) is 4.27. The van der Waals surface area contributed by atoms with Crippen molar-refractivity contribution >= 4 is 39.0 Å². The molecule has 0 radical (unpaired) electrons. The normalized spacial score (nSPS) is 12.1. The molecule has 0 spiro atoms. The molecule has 9 nitrogen and oxygen atoms in total. The zero-order valence-electron chi connectivity index (χ0n) is 20.4. The van der Waals surface area contributed by atoms with Crippen molar-refractivity contribution in [2.24, 2.45) is 0 Å². The summed E-state index contributed by atoms with van der Waals surface area (Å²) < 4.78 is 73.3. The van der Waals surface area contributed by atoms with Gasteiger partial charge in [0.15, 0.2) is 0 Å². The molecule has 0 fully saturated rings. The van der Waals surface area contributed by atoms with Crippen LogP contribution in [0.15, 0.2) is 65.8 Å². The molecular weight excluding hydrogens is 547 g/mol. The highest BCUT2D eigenvalue weighted by atomic mass is 35.5. The number of nitrogens with zero attached hydrogens (tertiary/aromatic N) is 3. The lowest BCUT2D eigenvalue weighted by Gasteiger charge is -2.15. The van der Waals surface area contributed by atoms with E-state index in [0.29, 0.717) is 18.2 Å². The fraction of sp³-hybridized carbons (Fsp3) is 0.208. The zero-order chi connectivity index (χ0) is 28.1. The molecule has 0 saturated heterocycles. The van der Waals surface area contributed by atoms with E-state index in [9.17, 15) is 26.4 Å². The van der Waals surface area contributed by atoms with E-state index in [-0.39, 0.29) is 29.0 Å². The second kappa shape index (κ2) is 11.8. The summed E-state index contributed by atoms with van der Waals surface area (Å²) in [6, 6.07) is 6.60. The maximum absolute atomic E-state index is 13.2. The van der Waals surface area contributed by atoms with Gasteiger partial charge >= 0.3 is 6.18 Å². The number of sulfonamides is 1. The number of nitrogens with one attached hydrogen (secondary N) is 2. The predicted molar refractivity (Wildman–Crippen MR) is 137 cm³/mol. The minimum atomic E-state index is -4.84. The number of carbonyl (C=O) groups is 1. The Kier molecular flexibility index (Phi) is 8.97. The van der Waals surface area contributed by atoms with Crippen LogP contribution in [0.5, 0.6) is 11.6 Å². The number of hydrogen-bond acceptors (Lipinski definition) is 7. The molecule has 0 saturated carbocycles. The van der Waals surface area contributed by atoms with Gasteiger partial charge in [0.2, 0.25) is 11.8 Å². The number of hydrogen-bond donors (Lipinski definition) is 2. The first-order valence-electron chi connectivity index (χ1n) is 10.9. The third-order valence-corrected chi connectivity index (χ3v) is 6.42. The van der Waals surface area contributed by atoms with Crippen LogP contribution in [0.4, 0.5) is 24.7 Å². The number of carbonyl (C=O) groups excluding carboxylic acids is 1. The van der Waals surface area contributed by atoms with Crippen molar-refractivity contribution in [1.82, 2.24) is 14.9 Å². The summed E-state index contributed by atoms with van der Waals surface area (Å²) in [4.78, 5) is 21.4. The highest BCUT2D eigenvalue weighted by Crippen LogP contribution is 2.37. The van der Waals surface area contributed by atoms with Crippen LogP contribution < -0.4 is 14.8 Å². The summed E-state index contributed by atoms with van der Waals surface area (Å²) in [5.41, 5.74) is -0.843. The number of rotatable bonds is 9. The van der Waals surface area contributed by atoms with E-state index in [2.05, 4.69) is 20.0 Å². The van der Waals surface area contributed by atoms with Crippen LogP contribution in [-0.2, 0) is 21.0 Å². The Bertz CT molecular complexity index is 1450. The van der Waals surface area contributed by atoms with Gasteiger partial charge in [-0.15, -0.1) is 0 Å². The van der Waals surface area contributed by atoms with Crippen LogP contribution >= 0.6 is 11.6 Å². The lowest BCUT2D eigenvalue weighted by Crippen LogP contribution is -2.16. The average molecular weight is 570 g/mol. The zero-order valence-corrected chi connectivity index (χ0v) is 21.9. The molecule has 14 heteroatoms. The van der Waals surface area contributed by atoms with Crippen molar-refractivity contribution in [3.05, 3.63) is 77.1 Å². The Morgan fingerprint density at radius 1 is 1.13 bits per heavy atom. The number of benzene rings is 1. The summed E-state index contributed by atoms with van der Waals surface area (Å²) in [5.74, 6) is -0.137. The average Bonchev–Trinajstić information content (AvgIpc) is 2.81. The molecule has 2 N–H and O–H groups in total. The number of aryl methyl sites for hydroxylation is 1. The van der Waals surface area contributed by atoms with E-state index >= 15 is 0 Å². The number of alkyl halides is 3. The van der Waals surface area contributed by atoms with E-state index < -0.39 is 31.7 Å². The van der Waals surface area contributed by atoms with Gasteiger partial charge in [0.1, 0.15) is 17.3 Å². The Labute approximate surface area is 222 Å². The second-order valence-corrected chi connectivity index (χ2v) is 10.3. The van der Waals surface area contributed by atoms with E-state index in [4.69, 9.17) is 16.3 Å². The third-order valence-electron chi connectivity index (χ3n) is 4.73. The molecule has 0 unspecified atom stereocenters. The molecule has 0 atom stereocenters. The van der Waals surface area contributed by atoms with Crippen molar-refractivity contribution in [2.45, 2.75) is 18.0 Å². The number of amides is 1. The molecule has 202 valence electrons. The first-order valence-corrected chi connectivity index (χ1v) is 12.7. The summed E-state index contributed by atoms with van der Waals surface area (Å²) in [6.45, 7) is 2.23. The number of aromatic nitrogens is 2. The maximum Gasteiger partial charge on any atom is 0.417 e. The van der Waals surface area contributed by atoms with Crippen LogP contribution in [0.2, 0.25) is 5.02 Å². The minimum Gasteiger partial charge on any atom is -0.435 e. The van der Waals surface area contributed by atoms with E-state index in [1.165, 1.54) is 36.7 Å². The molecule has 1 aromatic carbocycles. The van der Waals surface area contributed by atoms with Crippen molar-refractivity contribution in [3.8, 4) is 11.6 Å². The van der Waals surface area contributed by atoms with Crippen molar-refractivity contribution in [3.63, 3.8) is 0 Å². The van der Waals surface area contributed by atoms with Crippen LogP contribution in [0.25, 0.3) is 0 Å². The Balaban J connectivity index is 1.79. The van der Waals surface area contributed by atoms with Crippen molar-refractivity contribution < 1.29 is 31.1 Å². The van der Waals surface area contributed by atoms with Crippen molar-refractivity contribution in [1.29, 1.82) is 0 Å². The molecular formula is C24H23ClF3N5O4S. The number of pyridine rings is 2. The van der Waals surface area contributed by atoms with Gasteiger partial charge in [-0.2, -0.15) is 13.2 Å². The minimum absolute atomic E-state index is 0.114. The highest BCUT2D eigenvalue weighted by Gasteiger charge is 2.34. The topological polar surface area (TPSA) is 114 Å². The van der Waals surface area contributed by atoms with Gasteiger partial charge in [-0.05, 0) is 63.0 Å². The number of halogens is 4. The van der Waals surface area contributed by atoms with Gasteiger partial charge in [0.05, 0.1) is 21.7 Å². The molecule has 3 rings (SSSR count). The third kappa shape index (κ3) is 7.91. The Hall–Kier alpha value is -3.68. The van der Waals surface area contributed by atoms with Gasteiger partial charge in [0, 0.05) is 18.8 Å². The maximum atomic E-state index is 13.2. The van der Waals surface area contributed by atoms with Crippen LogP contribution in [0.3, 0.4) is 0 Å². The monoisotopic (exact) mass is 569 g/mol. The largest absolute Gasteiger partial charge is 0.435 e. The SMILES string of the molecule is Cc1cnc(Oc2ccc(NC(=O)/C=C/CN(C)C)nc2)c(NS(=O)(=O)c2ccc(Cl)c(C(F)(F)F)c2)c1. The molecule has 0 aliphatic heterocycles. The summed E-state index contributed by atoms with van der Waals surface area (Å²) in [7, 11) is -0.751. The van der Waals surface area contributed by atoms with Gasteiger partial charge in [-0.1, -0.05) is 17.7 Å². The first kappa shape index (κ1) is 28.9. The number of ether oxygens (including phenoxy) is 1. The predicted octanol–water partition coefficient (Wildman–Crippen LogP) is 5.11. The second-order valence-electron chi connectivity index (χ2n) is 8.25. The molecule has 2 aromatic heterocycles. The standard InChI is InChI=1S/C24H23ClF3N5O4S/c1-15-11-20(32-38(35,36)17-7-8-19(25)18(12-17)24(26,27)28)23(30-13-15)37-16-6-9-21(29-14-16)31-22(34)5-4-10-33(2)3/h4-9,11-14,32H,10H2,1-3H3,(H,29,31,34)/b5-4+. The summed E-state index contributed by atoms with van der Waals surface area (Å²) in [6.07, 6.45) is 0.918. The molecule has 38 heavy (non-hydrogen) atoms. The van der Waals surface area contributed by atoms with Gasteiger partial charge in [0.25, 0.3) is 10.0 Å². The lowest BCUT2D eigenvalue weighted by molar-refractivity contribution is -0.137. The highest BCUT2D eigenvalue weighted by molar-refractivity contribution is 7.92. The molecule has 0 aliphatic carbocycles. The fourth-order valence-electron chi connectivity index (χ4n) is 2.97. The van der Waals surface area contributed by atoms with Crippen LogP contribution in [0, 0.1) is 6.92 Å². The molecule has 3 aromatic rings. The molecule has 1 amide bonds. The van der Waals surface area contributed by atoms with Gasteiger partial charge in [-0.3, -0.25) is 9.52 Å². The van der Waals surface area contributed by atoms with Crippen molar-refractivity contribution in [2.75, 3.05) is 30.7 Å². The molecule has 0 bridgehead atoms. The van der Waals surface area contributed by atoms with E-state index in [0.717, 1.165) is 12.1 Å². The van der Waals surface area contributed by atoms with E-state index in [1.54, 1.807) is 13.0 Å². The summed E-state index contributed by atoms with van der Waals surface area (Å²) >= 11 is 5.60. The summed E-state index contributed by atoms with van der Waals surface area (Å²) in [5, 5.41) is 1.96. The number of likely N-dealkylation sites (N-methyl/N-ethyl adjacent to an activating group) is 1. The van der Waals surface area contributed by atoms with Crippen LogP contribution in [-0.4, -0.2) is 49.8 Å².